The van der Waals surface area contributed by atoms with Crippen LogP contribution < -0.4 is 0 Å². The smallest absolute Gasteiger partial charge is 0.270 e. The van der Waals surface area contributed by atoms with Crippen LogP contribution in [0, 0.1) is 5.82 Å². The lowest BCUT2D eigenvalue weighted by molar-refractivity contribution is -0.0684. The number of fused-ring (bicyclic) bond motifs is 2. The maximum Gasteiger partial charge on any atom is 0.298 e. The highest BCUT2D eigenvalue weighted by molar-refractivity contribution is 6.14. The van der Waals surface area contributed by atoms with Gasteiger partial charge in [-0.3, -0.25) is 4.99 Å². The van der Waals surface area contributed by atoms with E-state index in [0.29, 0.717) is 16.9 Å². The Morgan fingerprint density at radius 1 is 0.920 bits per heavy atom. The Kier molecular flexibility index (Phi) is 3.22. The quantitative estimate of drug-likeness (QED) is 0.654. The number of aromatic nitrogens is 2. The van der Waals surface area contributed by atoms with Crippen LogP contribution >= 0.6 is 0 Å². The number of halogens is 3. The molecule has 4 rings (SSSR count). The van der Waals surface area contributed by atoms with Gasteiger partial charge < -0.3 is 0 Å². The molecule has 0 atom stereocenters. The van der Waals surface area contributed by atoms with Gasteiger partial charge in [0.15, 0.2) is 0 Å². The van der Waals surface area contributed by atoms with E-state index < -0.39 is 17.3 Å². The monoisotopic (exact) mass is 341 g/mol. The Balaban J connectivity index is 1.98. The normalized spacial score (nSPS) is 17.9. The standard InChI is InChI=1S/C19H14F3N3/c1-18(2)19(21,22)14-10-12(20)7-8-13(14)17(23-18)16-9-11-5-3-4-6-15(11)24-25-16/h3-10H,1-2H3. The Labute approximate surface area is 142 Å². The molecule has 0 radical (unpaired) electrons. The van der Waals surface area contributed by atoms with E-state index in [2.05, 4.69) is 15.2 Å². The zero-order valence-electron chi connectivity index (χ0n) is 13.6. The molecule has 1 aliphatic heterocycles. The van der Waals surface area contributed by atoms with Crippen molar-refractivity contribution < 1.29 is 13.2 Å². The van der Waals surface area contributed by atoms with Gasteiger partial charge in [-0.2, -0.15) is 8.78 Å². The number of nitrogens with zero attached hydrogens (tertiary/aromatic N) is 3. The van der Waals surface area contributed by atoms with Gasteiger partial charge in [0.05, 0.1) is 11.2 Å². The minimum absolute atomic E-state index is 0.176. The molecule has 0 fully saturated rings. The summed E-state index contributed by atoms with van der Waals surface area (Å²) in [5.41, 5.74) is -0.546. The van der Waals surface area contributed by atoms with Crippen molar-refractivity contribution >= 4 is 16.6 Å². The summed E-state index contributed by atoms with van der Waals surface area (Å²) in [4.78, 5) is 4.26. The summed E-state index contributed by atoms with van der Waals surface area (Å²) in [6.45, 7) is 2.66. The average molecular weight is 341 g/mol. The fourth-order valence-electron chi connectivity index (χ4n) is 3.02. The molecule has 0 N–H and O–H groups in total. The first-order chi connectivity index (χ1) is 11.8. The number of hydrogen-bond donors (Lipinski definition) is 0. The van der Waals surface area contributed by atoms with Crippen molar-refractivity contribution in [2.75, 3.05) is 0 Å². The second-order valence-electron chi connectivity index (χ2n) is 6.57. The SMILES string of the molecule is CC1(C)N=C(c2cc3ccccc3nn2)c2ccc(F)cc2C1(F)F. The summed E-state index contributed by atoms with van der Waals surface area (Å²) in [6.07, 6.45) is 0. The predicted octanol–water partition coefficient (Wildman–Crippen LogP) is 4.49. The van der Waals surface area contributed by atoms with Crippen molar-refractivity contribution in [2.45, 2.75) is 25.3 Å². The minimum atomic E-state index is -3.29. The van der Waals surface area contributed by atoms with Crippen LogP contribution in [0.5, 0.6) is 0 Å². The van der Waals surface area contributed by atoms with Gasteiger partial charge in [-0.05, 0) is 44.2 Å². The highest BCUT2D eigenvalue weighted by Crippen LogP contribution is 2.46. The first kappa shape index (κ1) is 15.7. The zero-order chi connectivity index (χ0) is 17.8. The average Bonchev–Trinajstić information content (AvgIpc) is 2.58. The van der Waals surface area contributed by atoms with Crippen molar-refractivity contribution in [3.05, 3.63) is 71.2 Å². The Morgan fingerprint density at radius 2 is 1.68 bits per heavy atom. The van der Waals surface area contributed by atoms with Gasteiger partial charge in [0.2, 0.25) is 0 Å². The van der Waals surface area contributed by atoms with Crippen LogP contribution in [0.25, 0.3) is 10.9 Å². The molecule has 0 bridgehead atoms. The van der Waals surface area contributed by atoms with Crippen LogP contribution in [-0.4, -0.2) is 21.4 Å². The summed E-state index contributed by atoms with van der Waals surface area (Å²) in [5.74, 6) is -4.00. The van der Waals surface area contributed by atoms with Crippen LogP contribution in [-0.2, 0) is 5.92 Å². The van der Waals surface area contributed by atoms with E-state index in [1.165, 1.54) is 19.9 Å². The maximum absolute atomic E-state index is 14.8. The molecule has 0 saturated carbocycles. The molecule has 3 nitrogen and oxygen atoms in total. The highest BCUT2D eigenvalue weighted by Gasteiger charge is 2.53. The predicted molar refractivity (Wildman–Crippen MR) is 89.6 cm³/mol. The molecule has 0 saturated heterocycles. The minimum Gasteiger partial charge on any atom is -0.270 e. The van der Waals surface area contributed by atoms with Gasteiger partial charge >= 0.3 is 0 Å². The van der Waals surface area contributed by atoms with Crippen LogP contribution in [0.2, 0.25) is 0 Å². The molecule has 0 aliphatic carbocycles. The van der Waals surface area contributed by atoms with Gasteiger partial charge in [-0.25, -0.2) is 4.39 Å². The summed E-state index contributed by atoms with van der Waals surface area (Å²) in [6, 6.07) is 12.5. The van der Waals surface area contributed by atoms with Crippen LogP contribution in [0.1, 0.15) is 30.7 Å². The van der Waals surface area contributed by atoms with Crippen LogP contribution in [0.15, 0.2) is 53.5 Å². The summed E-state index contributed by atoms with van der Waals surface area (Å²) in [5, 5.41) is 9.11. The zero-order valence-corrected chi connectivity index (χ0v) is 13.6. The number of benzene rings is 2. The van der Waals surface area contributed by atoms with E-state index in [1.807, 2.05) is 24.3 Å². The van der Waals surface area contributed by atoms with E-state index in [9.17, 15) is 13.2 Å². The molecule has 0 unspecified atom stereocenters. The largest absolute Gasteiger partial charge is 0.298 e. The van der Waals surface area contributed by atoms with E-state index in [4.69, 9.17) is 0 Å². The number of alkyl halides is 2. The van der Waals surface area contributed by atoms with E-state index >= 15 is 0 Å². The molecule has 2 heterocycles. The summed E-state index contributed by atoms with van der Waals surface area (Å²) >= 11 is 0. The number of rotatable bonds is 1. The van der Waals surface area contributed by atoms with Crippen LogP contribution in [0.4, 0.5) is 13.2 Å². The fourth-order valence-corrected chi connectivity index (χ4v) is 3.02. The Morgan fingerprint density at radius 3 is 2.48 bits per heavy atom. The Bertz CT molecular complexity index is 1030. The molecule has 1 aliphatic rings. The second kappa shape index (κ2) is 5.12. The van der Waals surface area contributed by atoms with E-state index in [-0.39, 0.29) is 11.1 Å². The van der Waals surface area contributed by atoms with Gasteiger partial charge in [-0.1, -0.05) is 18.2 Å². The molecule has 0 spiro atoms. The molecule has 126 valence electrons. The van der Waals surface area contributed by atoms with Crippen molar-refractivity contribution in [1.82, 2.24) is 10.2 Å². The first-order valence-electron chi connectivity index (χ1n) is 7.80. The summed E-state index contributed by atoms with van der Waals surface area (Å²) < 4.78 is 43.2. The van der Waals surface area contributed by atoms with Crippen molar-refractivity contribution in [1.29, 1.82) is 0 Å². The third-order valence-electron chi connectivity index (χ3n) is 4.47. The number of hydrogen-bond acceptors (Lipinski definition) is 3. The van der Waals surface area contributed by atoms with E-state index in [0.717, 1.165) is 17.5 Å². The van der Waals surface area contributed by atoms with E-state index in [1.54, 1.807) is 6.07 Å². The second-order valence-corrected chi connectivity index (χ2v) is 6.57. The molecular weight excluding hydrogens is 327 g/mol. The maximum atomic E-state index is 14.8. The molecule has 6 heteroatoms. The van der Waals surface area contributed by atoms with Crippen molar-refractivity contribution in [3.63, 3.8) is 0 Å². The van der Waals surface area contributed by atoms with Gasteiger partial charge in [0.25, 0.3) is 5.92 Å². The molecule has 3 aromatic rings. The molecule has 1 aromatic heterocycles. The van der Waals surface area contributed by atoms with Crippen LogP contribution in [0.3, 0.4) is 0 Å². The lowest BCUT2D eigenvalue weighted by Gasteiger charge is -2.36. The Hall–Kier alpha value is -2.76. The van der Waals surface area contributed by atoms with Crippen molar-refractivity contribution in [3.8, 4) is 0 Å². The third kappa shape index (κ3) is 2.32. The van der Waals surface area contributed by atoms with Gasteiger partial charge in [0.1, 0.15) is 17.1 Å². The van der Waals surface area contributed by atoms with Crippen molar-refractivity contribution in [2.24, 2.45) is 4.99 Å². The molecular formula is C19H14F3N3. The lowest BCUT2D eigenvalue weighted by Crippen LogP contribution is -2.44. The third-order valence-corrected chi connectivity index (χ3v) is 4.47. The molecule has 0 amide bonds. The van der Waals surface area contributed by atoms with Gasteiger partial charge in [0, 0.05) is 16.5 Å². The molecule has 25 heavy (non-hydrogen) atoms. The lowest BCUT2D eigenvalue weighted by atomic mass is 9.82. The first-order valence-corrected chi connectivity index (χ1v) is 7.80. The van der Waals surface area contributed by atoms with Gasteiger partial charge in [-0.15, -0.1) is 10.2 Å². The fraction of sp³-hybridized carbons (Fsp3) is 0.211. The topological polar surface area (TPSA) is 38.1 Å². The highest BCUT2D eigenvalue weighted by atomic mass is 19.3. The molecule has 2 aromatic carbocycles. The number of aliphatic imine (C=N–C) groups is 1. The summed E-state index contributed by atoms with van der Waals surface area (Å²) in [7, 11) is 0.